The summed E-state index contributed by atoms with van der Waals surface area (Å²) in [6.45, 7) is 14.5. The second kappa shape index (κ2) is 6.55. The van der Waals surface area contributed by atoms with Crippen molar-refractivity contribution < 1.29 is 9.53 Å². The van der Waals surface area contributed by atoms with Crippen molar-refractivity contribution in [1.29, 1.82) is 0 Å². The number of hydrogen-bond acceptors (Lipinski definition) is 3. The van der Waals surface area contributed by atoms with Crippen LogP contribution >= 0.6 is 0 Å². The lowest BCUT2D eigenvalue weighted by atomic mass is 9.79. The number of carbonyl (C=O) groups excluding carboxylic acids is 1. The van der Waals surface area contributed by atoms with Crippen LogP contribution in [0.5, 0.6) is 0 Å². The van der Waals surface area contributed by atoms with Crippen LogP contribution in [-0.2, 0) is 9.53 Å². The second-order valence-corrected chi connectivity index (χ2v) is 6.79. The molecule has 3 nitrogen and oxygen atoms in total. The third kappa shape index (κ3) is 5.85. The van der Waals surface area contributed by atoms with E-state index in [9.17, 15) is 4.79 Å². The van der Waals surface area contributed by atoms with E-state index in [0.29, 0.717) is 0 Å². The van der Waals surface area contributed by atoms with Gasteiger partial charge in [-0.1, -0.05) is 47.5 Å². The Hall–Kier alpha value is -0.570. The van der Waals surface area contributed by atoms with E-state index in [-0.39, 0.29) is 17.3 Å². The van der Waals surface area contributed by atoms with Crippen LogP contribution in [0.3, 0.4) is 0 Å². The average Bonchev–Trinajstić information content (AvgIpc) is 2.24. The van der Waals surface area contributed by atoms with Gasteiger partial charge in [0.05, 0.1) is 0 Å². The first-order chi connectivity index (χ1) is 8.04. The zero-order chi connectivity index (χ0) is 14.6. The minimum Gasteiger partial charge on any atom is -0.458 e. The molecule has 0 saturated heterocycles. The monoisotopic (exact) mass is 257 g/mol. The molecule has 2 atom stereocenters. The lowest BCUT2D eigenvalue weighted by Gasteiger charge is -2.35. The molecule has 0 fully saturated rings. The molecule has 0 saturated carbocycles. The van der Waals surface area contributed by atoms with Gasteiger partial charge in [-0.25, -0.2) is 0 Å². The summed E-state index contributed by atoms with van der Waals surface area (Å²) in [5, 5.41) is 0. The van der Waals surface area contributed by atoms with E-state index in [4.69, 9.17) is 10.5 Å². The van der Waals surface area contributed by atoms with Gasteiger partial charge in [-0.05, 0) is 31.6 Å². The molecule has 108 valence electrons. The fourth-order valence-corrected chi connectivity index (χ4v) is 2.14. The van der Waals surface area contributed by atoms with Gasteiger partial charge in [0.15, 0.2) is 0 Å². The predicted molar refractivity (Wildman–Crippen MR) is 76.3 cm³/mol. The highest BCUT2D eigenvalue weighted by Crippen LogP contribution is 2.33. The zero-order valence-electron chi connectivity index (χ0n) is 13.2. The van der Waals surface area contributed by atoms with Crippen molar-refractivity contribution in [2.75, 3.05) is 0 Å². The summed E-state index contributed by atoms with van der Waals surface area (Å²) in [4.78, 5) is 12.0. The Labute approximate surface area is 112 Å². The van der Waals surface area contributed by atoms with E-state index in [0.717, 1.165) is 19.3 Å². The first-order valence-corrected chi connectivity index (χ1v) is 7.03. The van der Waals surface area contributed by atoms with Crippen LogP contribution in [0.15, 0.2) is 0 Å². The summed E-state index contributed by atoms with van der Waals surface area (Å²) < 4.78 is 5.60. The lowest BCUT2D eigenvalue weighted by molar-refractivity contribution is -0.162. The number of carbonyl (C=O) groups is 1. The molecule has 0 aliphatic carbocycles. The summed E-state index contributed by atoms with van der Waals surface area (Å²) in [6.07, 6.45) is 2.79. The SMILES string of the molecule is CCC(C)C(N)C(=O)OC(C)(C)CC(C)(C)CC. The second-order valence-electron chi connectivity index (χ2n) is 6.79. The van der Waals surface area contributed by atoms with E-state index in [1.54, 1.807) is 0 Å². The van der Waals surface area contributed by atoms with Gasteiger partial charge >= 0.3 is 5.97 Å². The number of nitrogens with two attached hydrogens (primary N) is 1. The number of ether oxygens (including phenoxy) is 1. The molecule has 0 spiro atoms. The topological polar surface area (TPSA) is 52.3 Å². The van der Waals surface area contributed by atoms with E-state index in [1.807, 2.05) is 27.7 Å². The third-order valence-corrected chi connectivity index (χ3v) is 3.77. The van der Waals surface area contributed by atoms with Crippen LogP contribution in [0, 0.1) is 11.3 Å². The van der Waals surface area contributed by atoms with Crippen LogP contribution < -0.4 is 5.73 Å². The minimum atomic E-state index is -0.515. The Morgan fingerprint density at radius 2 is 1.72 bits per heavy atom. The zero-order valence-corrected chi connectivity index (χ0v) is 13.2. The molecule has 0 aromatic rings. The van der Waals surface area contributed by atoms with Gasteiger partial charge in [-0.3, -0.25) is 4.79 Å². The summed E-state index contributed by atoms with van der Waals surface area (Å²) in [7, 11) is 0. The van der Waals surface area contributed by atoms with Crippen LogP contribution in [-0.4, -0.2) is 17.6 Å². The number of rotatable bonds is 7. The normalized spacial score (nSPS) is 16.2. The molecule has 18 heavy (non-hydrogen) atoms. The molecule has 0 heterocycles. The van der Waals surface area contributed by atoms with E-state index in [2.05, 4.69) is 20.8 Å². The minimum absolute atomic E-state index is 0.160. The maximum atomic E-state index is 12.0. The fraction of sp³-hybridized carbons (Fsp3) is 0.933. The molecule has 0 aromatic heterocycles. The highest BCUT2D eigenvalue weighted by atomic mass is 16.6. The van der Waals surface area contributed by atoms with Crippen molar-refractivity contribution in [1.82, 2.24) is 0 Å². The molecule has 0 amide bonds. The predicted octanol–water partition coefficient (Wildman–Crippen LogP) is 3.51. The molecule has 0 aromatic carbocycles. The summed E-state index contributed by atoms with van der Waals surface area (Å²) in [5.41, 5.74) is 5.61. The molecule has 0 bridgehead atoms. The molecule has 2 N–H and O–H groups in total. The first-order valence-electron chi connectivity index (χ1n) is 7.03. The van der Waals surface area contributed by atoms with Crippen molar-refractivity contribution in [3.05, 3.63) is 0 Å². The van der Waals surface area contributed by atoms with Gasteiger partial charge in [0.25, 0.3) is 0 Å². The van der Waals surface area contributed by atoms with Crippen LogP contribution in [0.1, 0.15) is 67.7 Å². The quantitative estimate of drug-likeness (QED) is 0.710. The molecular formula is C15H31NO2. The Kier molecular flexibility index (Phi) is 6.35. The van der Waals surface area contributed by atoms with Gasteiger partial charge in [-0.2, -0.15) is 0 Å². The lowest BCUT2D eigenvalue weighted by Crippen LogP contribution is -2.43. The maximum Gasteiger partial charge on any atom is 0.323 e. The van der Waals surface area contributed by atoms with Crippen LogP contribution in [0.2, 0.25) is 0 Å². The van der Waals surface area contributed by atoms with Gasteiger partial charge < -0.3 is 10.5 Å². The number of hydrogen-bond donors (Lipinski definition) is 1. The number of esters is 1. The van der Waals surface area contributed by atoms with Crippen molar-refractivity contribution >= 4 is 5.97 Å². The molecule has 3 heteroatoms. The standard InChI is InChI=1S/C15H31NO2/c1-8-11(3)12(16)13(17)18-15(6,7)10-14(4,5)9-2/h11-12H,8-10,16H2,1-7H3. The van der Waals surface area contributed by atoms with Gasteiger partial charge in [0.2, 0.25) is 0 Å². The van der Waals surface area contributed by atoms with E-state index < -0.39 is 11.6 Å². The largest absolute Gasteiger partial charge is 0.458 e. The molecule has 0 radical (unpaired) electrons. The molecule has 0 aliphatic heterocycles. The van der Waals surface area contributed by atoms with Crippen molar-refractivity contribution in [3.8, 4) is 0 Å². The Balaban J connectivity index is 4.53. The highest BCUT2D eigenvalue weighted by Gasteiger charge is 2.33. The molecular weight excluding hydrogens is 226 g/mol. The van der Waals surface area contributed by atoms with Gasteiger partial charge in [0, 0.05) is 0 Å². The average molecular weight is 257 g/mol. The van der Waals surface area contributed by atoms with Crippen molar-refractivity contribution in [3.63, 3.8) is 0 Å². The summed E-state index contributed by atoms with van der Waals surface area (Å²) >= 11 is 0. The molecule has 0 aliphatic rings. The van der Waals surface area contributed by atoms with Crippen molar-refractivity contribution in [2.24, 2.45) is 17.1 Å². The molecule has 0 rings (SSSR count). The van der Waals surface area contributed by atoms with Crippen LogP contribution in [0.4, 0.5) is 0 Å². The van der Waals surface area contributed by atoms with Gasteiger partial charge in [0.1, 0.15) is 11.6 Å². The third-order valence-electron chi connectivity index (χ3n) is 3.77. The highest BCUT2D eigenvalue weighted by molar-refractivity contribution is 5.76. The van der Waals surface area contributed by atoms with E-state index in [1.165, 1.54) is 0 Å². The Bertz CT molecular complexity index is 272. The summed E-state index contributed by atoms with van der Waals surface area (Å²) in [6, 6.07) is -0.515. The fourth-order valence-electron chi connectivity index (χ4n) is 2.14. The first kappa shape index (κ1) is 17.4. The van der Waals surface area contributed by atoms with E-state index >= 15 is 0 Å². The summed E-state index contributed by atoms with van der Waals surface area (Å²) in [5.74, 6) is -0.117. The molecule has 2 unspecified atom stereocenters. The van der Waals surface area contributed by atoms with Crippen LogP contribution in [0.25, 0.3) is 0 Å². The Morgan fingerprint density at radius 1 is 1.22 bits per heavy atom. The smallest absolute Gasteiger partial charge is 0.323 e. The van der Waals surface area contributed by atoms with Gasteiger partial charge in [-0.15, -0.1) is 0 Å². The Morgan fingerprint density at radius 3 is 2.11 bits per heavy atom. The maximum absolute atomic E-state index is 12.0. The van der Waals surface area contributed by atoms with Crippen molar-refractivity contribution in [2.45, 2.75) is 79.4 Å².